The zero-order valence-electron chi connectivity index (χ0n) is 17.3. The first kappa shape index (κ1) is 22.7. The second-order valence-electron chi connectivity index (χ2n) is 6.82. The Morgan fingerprint density at radius 1 is 1.13 bits per heavy atom. The van der Waals surface area contributed by atoms with E-state index in [0.29, 0.717) is 30.2 Å². The van der Waals surface area contributed by atoms with Gasteiger partial charge >= 0.3 is 5.97 Å². The molecule has 1 aliphatic rings. The average molecular weight is 448 g/mol. The van der Waals surface area contributed by atoms with E-state index >= 15 is 0 Å². The summed E-state index contributed by atoms with van der Waals surface area (Å²) >= 11 is 0. The Kier molecular flexibility index (Phi) is 7.26. The third-order valence-corrected chi connectivity index (χ3v) is 6.65. The van der Waals surface area contributed by atoms with Gasteiger partial charge in [0.1, 0.15) is 5.75 Å². The molecule has 0 atom stereocenters. The molecule has 1 fully saturated rings. The number of methoxy groups -OCH3 is 1. The van der Waals surface area contributed by atoms with Crippen LogP contribution in [0.25, 0.3) is 0 Å². The maximum Gasteiger partial charge on any atom is 0.338 e. The number of aryl methyl sites for hydroxylation is 1. The molecule has 2 aromatic carbocycles. The van der Waals surface area contributed by atoms with Gasteiger partial charge in [-0.15, -0.1) is 0 Å². The number of sulfonamides is 1. The van der Waals surface area contributed by atoms with Crippen molar-refractivity contribution in [2.24, 2.45) is 0 Å². The molecule has 31 heavy (non-hydrogen) atoms. The SMILES string of the molecule is COc1ccccc1NC(=O)COC(=O)c1cc(S(=O)(=O)N2CCOCC2)ccc1C. The normalized spacial score (nSPS) is 14.6. The molecule has 0 aromatic heterocycles. The number of carbonyl (C=O) groups excluding carboxylic acids is 2. The van der Waals surface area contributed by atoms with E-state index in [0.717, 1.165) is 0 Å². The predicted octanol–water partition coefficient (Wildman–Crippen LogP) is 1.82. The van der Waals surface area contributed by atoms with E-state index in [1.165, 1.54) is 23.5 Å². The molecule has 1 aliphatic heterocycles. The summed E-state index contributed by atoms with van der Waals surface area (Å²) in [5.41, 5.74) is 1.07. The van der Waals surface area contributed by atoms with Gasteiger partial charge in [-0.2, -0.15) is 4.31 Å². The summed E-state index contributed by atoms with van der Waals surface area (Å²) in [6.07, 6.45) is 0. The van der Waals surface area contributed by atoms with Gasteiger partial charge in [0.15, 0.2) is 6.61 Å². The maximum atomic E-state index is 12.8. The van der Waals surface area contributed by atoms with Crippen LogP contribution in [-0.2, 0) is 24.3 Å². The zero-order chi connectivity index (χ0) is 22.4. The van der Waals surface area contributed by atoms with Crippen LogP contribution in [0.2, 0.25) is 0 Å². The first-order valence-electron chi connectivity index (χ1n) is 9.61. The Morgan fingerprint density at radius 3 is 2.55 bits per heavy atom. The van der Waals surface area contributed by atoms with Crippen LogP contribution in [0.15, 0.2) is 47.4 Å². The lowest BCUT2D eigenvalue weighted by atomic mass is 10.1. The van der Waals surface area contributed by atoms with Gasteiger partial charge in [-0.25, -0.2) is 13.2 Å². The van der Waals surface area contributed by atoms with Crippen molar-refractivity contribution in [2.75, 3.05) is 45.3 Å². The molecule has 9 nitrogen and oxygen atoms in total. The van der Waals surface area contributed by atoms with Gasteiger partial charge in [0.2, 0.25) is 10.0 Å². The number of benzene rings is 2. The number of para-hydroxylation sites is 2. The lowest BCUT2D eigenvalue weighted by Gasteiger charge is -2.26. The molecule has 0 spiro atoms. The van der Waals surface area contributed by atoms with E-state index in [1.807, 2.05) is 0 Å². The summed E-state index contributed by atoms with van der Waals surface area (Å²) in [4.78, 5) is 24.7. The highest BCUT2D eigenvalue weighted by Gasteiger charge is 2.27. The zero-order valence-corrected chi connectivity index (χ0v) is 18.1. The number of amides is 1. The number of esters is 1. The Balaban J connectivity index is 1.68. The summed E-state index contributed by atoms with van der Waals surface area (Å²) in [6, 6.07) is 11.1. The predicted molar refractivity (Wildman–Crippen MR) is 113 cm³/mol. The van der Waals surface area contributed by atoms with E-state index in [9.17, 15) is 18.0 Å². The van der Waals surface area contributed by atoms with Crippen molar-refractivity contribution in [2.45, 2.75) is 11.8 Å². The van der Waals surface area contributed by atoms with Crippen molar-refractivity contribution < 1.29 is 32.2 Å². The molecule has 0 radical (unpaired) electrons. The molecule has 1 amide bonds. The van der Waals surface area contributed by atoms with Gasteiger partial charge in [0.05, 0.1) is 36.5 Å². The van der Waals surface area contributed by atoms with Gasteiger partial charge in [-0.3, -0.25) is 4.79 Å². The number of ether oxygens (including phenoxy) is 3. The molecule has 0 unspecified atom stereocenters. The number of morpholine rings is 1. The second kappa shape index (κ2) is 9.90. The number of hydrogen-bond acceptors (Lipinski definition) is 7. The standard InChI is InChI=1S/C21H24N2O7S/c1-15-7-8-16(31(26,27)23-9-11-29-12-10-23)13-17(15)21(25)30-14-20(24)22-18-5-3-4-6-19(18)28-2/h3-8,13H,9-12,14H2,1-2H3,(H,22,24). The van der Waals surface area contributed by atoms with Crippen molar-refractivity contribution in [3.63, 3.8) is 0 Å². The molecule has 0 aliphatic carbocycles. The highest BCUT2D eigenvalue weighted by molar-refractivity contribution is 7.89. The average Bonchev–Trinajstić information content (AvgIpc) is 2.78. The van der Waals surface area contributed by atoms with Crippen LogP contribution in [0.5, 0.6) is 5.75 Å². The van der Waals surface area contributed by atoms with Crippen molar-refractivity contribution in [1.82, 2.24) is 4.31 Å². The number of nitrogens with zero attached hydrogens (tertiary/aromatic N) is 1. The maximum absolute atomic E-state index is 12.8. The monoisotopic (exact) mass is 448 g/mol. The van der Waals surface area contributed by atoms with Gasteiger partial charge in [0.25, 0.3) is 5.91 Å². The second-order valence-corrected chi connectivity index (χ2v) is 8.76. The van der Waals surface area contributed by atoms with Gasteiger partial charge < -0.3 is 19.5 Å². The first-order chi connectivity index (χ1) is 14.8. The fraction of sp³-hybridized carbons (Fsp3) is 0.333. The molecule has 10 heteroatoms. The van der Waals surface area contributed by atoms with E-state index < -0.39 is 28.5 Å². The van der Waals surface area contributed by atoms with Crippen LogP contribution >= 0.6 is 0 Å². The highest BCUT2D eigenvalue weighted by Crippen LogP contribution is 2.23. The smallest absolute Gasteiger partial charge is 0.338 e. The quantitative estimate of drug-likeness (QED) is 0.643. The van der Waals surface area contributed by atoms with Crippen molar-refractivity contribution in [3.8, 4) is 5.75 Å². The van der Waals surface area contributed by atoms with E-state index in [2.05, 4.69) is 5.32 Å². The minimum Gasteiger partial charge on any atom is -0.495 e. The van der Waals surface area contributed by atoms with Gasteiger partial charge in [-0.1, -0.05) is 18.2 Å². The van der Waals surface area contributed by atoms with Crippen LogP contribution in [0.3, 0.4) is 0 Å². The van der Waals surface area contributed by atoms with Crippen LogP contribution < -0.4 is 10.1 Å². The van der Waals surface area contributed by atoms with Crippen LogP contribution in [0.1, 0.15) is 15.9 Å². The Morgan fingerprint density at radius 2 is 1.84 bits per heavy atom. The first-order valence-corrected chi connectivity index (χ1v) is 11.1. The number of carbonyl (C=O) groups is 2. The minimum atomic E-state index is -3.76. The van der Waals surface area contributed by atoms with Gasteiger partial charge in [0, 0.05) is 13.1 Å². The number of rotatable bonds is 7. The topological polar surface area (TPSA) is 111 Å². The number of hydrogen-bond donors (Lipinski definition) is 1. The molecule has 0 bridgehead atoms. The lowest BCUT2D eigenvalue weighted by molar-refractivity contribution is -0.119. The fourth-order valence-corrected chi connectivity index (χ4v) is 4.50. The minimum absolute atomic E-state index is 0.00887. The Bertz CT molecular complexity index is 1060. The number of anilines is 1. The van der Waals surface area contributed by atoms with E-state index in [-0.39, 0.29) is 23.5 Å². The number of nitrogens with one attached hydrogen (secondary N) is 1. The Labute approximate surface area is 181 Å². The molecule has 3 rings (SSSR count). The summed E-state index contributed by atoms with van der Waals surface area (Å²) in [7, 11) is -2.28. The summed E-state index contributed by atoms with van der Waals surface area (Å²) < 4.78 is 42.5. The van der Waals surface area contributed by atoms with Crippen LogP contribution in [0.4, 0.5) is 5.69 Å². The molecular formula is C21H24N2O7S. The fourth-order valence-electron chi connectivity index (χ4n) is 3.06. The van der Waals surface area contributed by atoms with Crippen molar-refractivity contribution in [3.05, 3.63) is 53.6 Å². The highest BCUT2D eigenvalue weighted by atomic mass is 32.2. The molecule has 1 N–H and O–H groups in total. The molecular weight excluding hydrogens is 424 g/mol. The van der Waals surface area contributed by atoms with E-state index in [1.54, 1.807) is 37.3 Å². The molecule has 166 valence electrons. The summed E-state index contributed by atoms with van der Waals surface area (Å²) in [6.45, 7) is 2.27. The third-order valence-electron chi connectivity index (χ3n) is 4.75. The summed E-state index contributed by atoms with van der Waals surface area (Å²) in [5.74, 6) is -0.863. The van der Waals surface area contributed by atoms with Crippen molar-refractivity contribution in [1.29, 1.82) is 0 Å². The Hall–Kier alpha value is -2.95. The van der Waals surface area contributed by atoms with E-state index in [4.69, 9.17) is 14.2 Å². The summed E-state index contributed by atoms with van der Waals surface area (Å²) in [5, 5.41) is 2.61. The van der Waals surface area contributed by atoms with Gasteiger partial charge in [-0.05, 0) is 36.8 Å². The third kappa shape index (κ3) is 5.40. The van der Waals surface area contributed by atoms with Crippen LogP contribution in [0, 0.1) is 6.92 Å². The largest absolute Gasteiger partial charge is 0.495 e. The molecule has 1 saturated heterocycles. The molecule has 2 aromatic rings. The molecule has 1 heterocycles. The van der Waals surface area contributed by atoms with Crippen LogP contribution in [-0.4, -0.2) is 64.6 Å². The lowest BCUT2D eigenvalue weighted by Crippen LogP contribution is -2.40. The molecule has 0 saturated carbocycles. The van der Waals surface area contributed by atoms with Crippen molar-refractivity contribution >= 4 is 27.6 Å².